The van der Waals surface area contributed by atoms with Crippen molar-refractivity contribution in [1.29, 1.82) is 5.26 Å². The summed E-state index contributed by atoms with van der Waals surface area (Å²) in [7, 11) is 1.72. The fourth-order valence-corrected chi connectivity index (χ4v) is 2.01. The summed E-state index contributed by atoms with van der Waals surface area (Å²) in [6.45, 7) is 2.80. The van der Waals surface area contributed by atoms with Crippen molar-refractivity contribution in [3.05, 3.63) is 29.8 Å². The van der Waals surface area contributed by atoms with Gasteiger partial charge in [-0.2, -0.15) is 5.26 Å². The molecule has 1 atom stereocenters. The van der Waals surface area contributed by atoms with Crippen LogP contribution in [0.1, 0.15) is 5.56 Å². The third-order valence-electron chi connectivity index (χ3n) is 3.07. The zero-order valence-corrected chi connectivity index (χ0v) is 11.4. The molecular formula is C14H18N4O2. The highest BCUT2D eigenvalue weighted by molar-refractivity contribution is 5.89. The lowest BCUT2D eigenvalue weighted by molar-refractivity contribution is 0.0164. The maximum Gasteiger partial charge on any atom is 0.321 e. The van der Waals surface area contributed by atoms with Gasteiger partial charge < -0.3 is 20.3 Å². The Labute approximate surface area is 118 Å². The van der Waals surface area contributed by atoms with Crippen LogP contribution in [-0.2, 0) is 4.74 Å². The number of hydrogen-bond donors (Lipinski definition) is 2. The fourth-order valence-electron chi connectivity index (χ4n) is 2.01. The van der Waals surface area contributed by atoms with E-state index in [4.69, 9.17) is 10.00 Å². The molecule has 1 fully saturated rings. The van der Waals surface area contributed by atoms with Crippen LogP contribution in [-0.4, -0.2) is 50.3 Å². The standard InChI is InChI=1S/C14H18N4O2/c1-18(10-13-9-16-5-6-20-13)14(19)17-12-4-2-3-11(7-12)8-15/h2-4,7,13,16H,5-6,9-10H2,1H3,(H,17,19). The van der Waals surface area contributed by atoms with Gasteiger partial charge >= 0.3 is 6.03 Å². The lowest BCUT2D eigenvalue weighted by Gasteiger charge is -2.28. The van der Waals surface area contributed by atoms with Crippen LogP contribution < -0.4 is 10.6 Å². The van der Waals surface area contributed by atoms with E-state index in [9.17, 15) is 4.79 Å². The van der Waals surface area contributed by atoms with E-state index >= 15 is 0 Å². The third-order valence-corrected chi connectivity index (χ3v) is 3.07. The number of carbonyl (C=O) groups excluding carboxylic acids is 1. The quantitative estimate of drug-likeness (QED) is 0.862. The highest BCUT2D eigenvalue weighted by Gasteiger charge is 2.18. The predicted molar refractivity (Wildman–Crippen MR) is 75.4 cm³/mol. The molecule has 2 rings (SSSR count). The summed E-state index contributed by atoms with van der Waals surface area (Å²) < 4.78 is 5.56. The molecule has 0 spiro atoms. The number of nitrogens with one attached hydrogen (secondary N) is 2. The molecule has 1 unspecified atom stereocenters. The lowest BCUT2D eigenvalue weighted by Crippen LogP contribution is -2.46. The maximum absolute atomic E-state index is 12.0. The summed E-state index contributed by atoms with van der Waals surface area (Å²) in [6.07, 6.45) is 0.0185. The fraction of sp³-hybridized carbons (Fsp3) is 0.429. The molecule has 1 heterocycles. The van der Waals surface area contributed by atoms with Gasteiger partial charge in [-0.3, -0.25) is 0 Å². The van der Waals surface area contributed by atoms with E-state index < -0.39 is 0 Å². The maximum atomic E-state index is 12.0. The van der Waals surface area contributed by atoms with E-state index in [2.05, 4.69) is 10.6 Å². The van der Waals surface area contributed by atoms with Gasteiger partial charge in [0.25, 0.3) is 0 Å². The number of nitriles is 1. The number of likely N-dealkylation sites (N-methyl/N-ethyl adjacent to an activating group) is 1. The number of morpholine rings is 1. The molecule has 0 aromatic heterocycles. The van der Waals surface area contributed by atoms with E-state index in [-0.39, 0.29) is 12.1 Å². The van der Waals surface area contributed by atoms with Crippen LogP contribution in [0.5, 0.6) is 0 Å². The molecule has 0 radical (unpaired) electrons. The number of nitrogens with zero attached hydrogens (tertiary/aromatic N) is 2. The Bertz CT molecular complexity index is 506. The van der Waals surface area contributed by atoms with Crippen LogP contribution in [0.3, 0.4) is 0 Å². The Morgan fingerprint density at radius 2 is 2.50 bits per heavy atom. The second kappa shape index (κ2) is 6.89. The number of benzene rings is 1. The second-order valence-electron chi connectivity index (χ2n) is 4.70. The molecule has 106 valence electrons. The molecule has 1 aliphatic rings. The first kappa shape index (κ1) is 14.3. The zero-order chi connectivity index (χ0) is 14.4. The van der Waals surface area contributed by atoms with E-state index in [1.807, 2.05) is 6.07 Å². The molecule has 1 saturated heterocycles. The van der Waals surface area contributed by atoms with Crippen molar-refractivity contribution in [3.8, 4) is 6.07 Å². The van der Waals surface area contributed by atoms with Gasteiger partial charge in [0, 0.05) is 32.4 Å². The number of ether oxygens (including phenoxy) is 1. The summed E-state index contributed by atoms with van der Waals surface area (Å²) in [6, 6.07) is 8.66. The van der Waals surface area contributed by atoms with Crippen LogP contribution >= 0.6 is 0 Å². The van der Waals surface area contributed by atoms with Gasteiger partial charge in [0.1, 0.15) is 0 Å². The topological polar surface area (TPSA) is 77.4 Å². The van der Waals surface area contributed by atoms with Gasteiger partial charge in [-0.15, -0.1) is 0 Å². The number of amides is 2. The van der Waals surface area contributed by atoms with Crippen molar-refractivity contribution in [2.75, 3.05) is 38.6 Å². The Hall–Kier alpha value is -2.10. The molecule has 0 aliphatic carbocycles. The average molecular weight is 274 g/mol. The molecule has 2 N–H and O–H groups in total. The summed E-state index contributed by atoms with van der Waals surface area (Å²) in [5.74, 6) is 0. The Morgan fingerprint density at radius 1 is 1.65 bits per heavy atom. The molecule has 0 saturated carbocycles. The highest BCUT2D eigenvalue weighted by atomic mass is 16.5. The van der Waals surface area contributed by atoms with E-state index in [1.165, 1.54) is 0 Å². The SMILES string of the molecule is CN(CC1CNCCO1)C(=O)Nc1cccc(C#N)c1. The number of carbonyl (C=O) groups is 1. The highest BCUT2D eigenvalue weighted by Crippen LogP contribution is 2.10. The first-order valence-electron chi connectivity index (χ1n) is 6.53. The van der Waals surface area contributed by atoms with Crippen molar-refractivity contribution >= 4 is 11.7 Å². The number of rotatable bonds is 3. The van der Waals surface area contributed by atoms with Crippen LogP contribution in [0.25, 0.3) is 0 Å². The first-order chi connectivity index (χ1) is 9.69. The molecule has 1 aromatic rings. The average Bonchev–Trinajstić information content (AvgIpc) is 2.48. The minimum Gasteiger partial charge on any atom is -0.374 e. The van der Waals surface area contributed by atoms with Gasteiger partial charge in [-0.1, -0.05) is 6.07 Å². The molecule has 6 heteroatoms. The number of hydrogen-bond acceptors (Lipinski definition) is 4. The van der Waals surface area contributed by atoms with Crippen molar-refractivity contribution in [1.82, 2.24) is 10.2 Å². The first-order valence-corrected chi connectivity index (χ1v) is 6.53. The Morgan fingerprint density at radius 3 is 3.20 bits per heavy atom. The predicted octanol–water partition coefficient (Wildman–Crippen LogP) is 1.01. The minimum atomic E-state index is -0.214. The van der Waals surface area contributed by atoms with Crippen molar-refractivity contribution in [3.63, 3.8) is 0 Å². The Kier molecular flexibility index (Phi) is 4.93. The van der Waals surface area contributed by atoms with Crippen molar-refractivity contribution in [2.24, 2.45) is 0 Å². The molecule has 2 amide bonds. The summed E-state index contributed by atoms with van der Waals surface area (Å²) in [5, 5.41) is 14.8. The number of urea groups is 1. The van der Waals surface area contributed by atoms with Gasteiger partial charge in [0.15, 0.2) is 0 Å². The molecule has 1 aliphatic heterocycles. The molecule has 20 heavy (non-hydrogen) atoms. The lowest BCUT2D eigenvalue weighted by atomic mass is 10.2. The minimum absolute atomic E-state index is 0.0185. The van der Waals surface area contributed by atoms with Gasteiger partial charge in [-0.25, -0.2) is 4.79 Å². The monoisotopic (exact) mass is 274 g/mol. The van der Waals surface area contributed by atoms with Gasteiger partial charge in [0.2, 0.25) is 0 Å². The van der Waals surface area contributed by atoms with Crippen LogP contribution in [0.15, 0.2) is 24.3 Å². The molecular weight excluding hydrogens is 256 g/mol. The van der Waals surface area contributed by atoms with Crippen LogP contribution in [0.4, 0.5) is 10.5 Å². The van der Waals surface area contributed by atoms with E-state index in [1.54, 1.807) is 36.2 Å². The summed E-state index contributed by atoms with van der Waals surface area (Å²) in [5.41, 5.74) is 1.13. The van der Waals surface area contributed by atoms with Crippen molar-refractivity contribution in [2.45, 2.75) is 6.10 Å². The zero-order valence-electron chi connectivity index (χ0n) is 11.4. The molecule has 1 aromatic carbocycles. The molecule has 0 bridgehead atoms. The van der Waals surface area contributed by atoms with Gasteiger partial charge in [-0.05, 0) is 18.2 Å². The third kappa shape index (κ3) is 3.95. The van der Waals surface area contributed by atoms with Crippen LogP contribution in [0, 0.1) is 11.3 Å². The molecule has 6 nitrogen and oxygen atoms in total. The van der Waals surface area contributed by atoms with Crippen LogP contribution in [0.2, 0.25) is 0 Å². The largest absolute Gasteiger partial charge is 0.374 e. The Balaban J connectivity index is 1.88. The van der Waals surface area contributed by atoms with E-state index in [0.717, 1.165) is 13.1 Å². The summed E-state index contributed by atoms with van der Waals surface area (Å²) >= 11 is 0. The van der Waals surface area contributed by atoms with Gasteiger partial charge in [0.05, 0.1) is 24.3 Å². The van der Waals surface area contributed by atoms with Crippen molar-refractivity contribution < 1.29 is 9.53 Å². The smallest absolute Gasteiger partial charge is 0.321 e. The number of anilines is 1. The normalized spacial score (nSPS) is 18.1. The second-order valence-corrected chi connectivity index (χ2v) is 4.70. The summed E-state index contributed by atoms with van der Waals surface area (Å²) in [4.78, 5) is 13.6. The van der Waals surface area contributed by atoms with E-state index in [0.29, 0.717) is 24.4 Å².